The van der Waals surface area contributed by atoms with Gasteiger partial charge >= 0.3 is 0 Å². The number of aliphatic hydroxyl groups is 1. The van der Waals surface area contributed by atoms with Gasteiger partial charge in [0.25, 0.3) is 0 Å². The second-order valence-corrected chi connectivity index (χ2v) is 7.24. The van der Waals surface area contributed by atoms with Crippen LogP contribution in [0.2, 0.25) is 0 Å². The number of guanidine groups is 1. The second-order valence-electron chi connectivity index (χ2n) is 7.24. The number of β-amino-alcohol motifs (C(OH)–C–C–N with tert-alkyl or cyclic N) is 1. The molecular weight excluding hydrogens is 439 g/mol. The van der Waals surface area contributed by atoms with Gasteiger partial charge in [-0.05, 0) is 36.8 Å². The molecule has 0 radical (unpaired) electrons. The van der Waals surface area contributed by atoms with Crippen LogP contribution in [0.4, 0.5) is 0 Å². The molecular formula is C20H35IN4O. The van der Waals surface area contributed by atoms with Gasteiger partial charge in [0.15, 0.2) is 5.96 Å². The van der Waals surface area contributed by atoms with Crippen LogP contribution in [0.3, 0.4) is 0 Å². The van der Waals surface area contributed by atoms with Gasteiger partial charge in [0.05, 0.1) is 12.6 Å². The standard InChI is InChI=1S/C20H34N4O.HI/c1-4-21-20(22-11-9-16(2)3)23-13-19(25)15-24-12-10-17-7-5-6-8-18(17)14-24;/h5-8,16,19,25H,4,9-15H2,1-3H3,(H2,21,22,23);1H. The van der Waals surface area contributed by atoms with Gasteiger partial charge in [0, 0.05) is 32.7 Å². The third-order valence-corrected chi connectivity index (χ3v) is 4.50. The van der Waals surface area contributed by atoms with E-state index < -0.39 is 6.10 Å². The van der Waals surface area contributed by atoms with Gasteiger partial charge in [-0.2, -0.15) is 0 Å². The van der Waals surface area contributed by atoms with E-state index in [1.807, 2.05) is 0 Å². The third-order valence-electron chi connectivity index (χ3n) is 4.50. The summed E-state index contributed by atoms with van der Waals surface area (Å²) in [6.45, 7) is 11.2. The quantitative estimate of drug-likeness (QED) is 0.308. The second kappa shape index (κ2) is 12.5. The molecule has 1 aliphatic rings. The summed E-state index contributed by atoms with van der Waals surface area (Å²) >= 11 is 0. The number of benzene rings is 1. The zero-order chi connectivity index (χ0) is 18.1. The van der Waals surface area contributed by atoms with Crippen LogP contribution in [-0.2, 0) is 13.0 Å². The minimum atomic E-state index is -0.439. The highest BCUT2D eigenvalue weighted by Gasteiger charge is 2.18. The Balaban J connectivity index is 0.00000338. The van der Waals surface area contributed by atoms with Gasteiger partial charge in [0.1, 0.15) is 0 Å². The number of aliphatic hydroxyl groups excluding tert-OH is 1. The number of rotatable bonds is 8. The number of hydrogen-bond donors (Lipinski definition) is 3. The molecule has 0 amide bonds. The van der Waals surface area contributed by atoms with Gasteiger partial charge in [-0.1, -0.05) is 38.1 Å². The Morgan fingerprint density at radius 3 is 2.65 bits per heavy atom. The van der Waals surface area contributed by atoms with Crippen molar-refractivity contribution in [2.45, 2.75) is 46.3 Å². The Hall–Kier alpha value is -0.860. The number of aliphatic imine (C=N–C) groups is 1. The zero-order valence-electron chi connectivity index (χ0n) is 16.4. The average molecular weight is 474 g/mol. The van der Waals surface area contributed by atoms with E-state index in [2.05, 4.69) is 65.6 Å². The Bertz CT molecular complexity index is 550. The smallest absolute Gasteiger partial charge is 0.191 e. The molecule has 6 heteroatoms. The topological polar surface area (TPSA) is 59.9 Å². The van der Waals surface area contributed by atoms with Gasteiger partial charge in [-0.25, -0.2) is 0 Å². The van der Waals surface area contributed by atoms with Crippen LogP contribution in [0.15, 0.2) is 29.3 Å². The summed E-state index contributed by atoms with van der Waals surface area (Å²) in [4.78, 5) is 6.86. The average Bonchev–Trinajstić information content (AvgIpc) is 2.59. The molecule has 1 aliphatic heterocycles. The van der Waals surface area contributed by atoms with E-state index in [9.17, 15) is 5.11 Å². The normalized spacial score (nSPS) is 16.0. The third kappa shape index (κ3) is 8.22. The van der Waals surface area contributed by atoms with Crippen LogP contribution < -0.4 is 10.6 Å². The fraction of sp³-hybridized carbons (Fsp3) is 0.650. The molecule has 3 N–H and O–H groups in total. The minimum absolute atomic E-state index is 0. The molecule has 5 nitrogen and oxygen atoms in total. The molecule has 0 aliphatic carbocycles. The zero-order valence-corrected chi connectivity index (χ0v) is 18.7. The van der Waals surface area contributed by atoms with E-state index in [4.69, 9.17) is 0 Å². The Morgan fingerprint density at radius 2 is 1.96 bits per heavy atom. The predicted molar refractivity (Wildman–Crippen MR) is 120 cm³/mol. The highest BCUT2D eigenvalue weighted by atomic mass is 127. The number of fused-ring (bicyclic) bond motifs is 1. The summed E-state index contributed by atoms with van der Waals surface area (Å²) in [7, 11) is 0. The Kier molecular flexibility index (Phi) is 11.2. The van der Waals surface area contributed by atoms with E-state index >= 15 is 0 Å². The highest BCUT2D eigenvalue weighted by molar-refractivity contribution is 14.0. The molecule has 0 bridgehead atoms. The lowest BCUT2D eigenvalue weighted by Gasteiger charge is -2.30. The van der Waals surface area contributed by atoms with E-state index in [-0.39, 0.29) is 24.0 Å². The molecule has 0 aromatic heterocycles. The Morgan fingerprint density at radius 1 is 1.23 bits per heavy atom. The van der Waals surface area contributed by atoms with E-state index in [1.165, 1.54) is 11.1 Å². The fourth-order valence-electron chi connectivity index (χ4n) is 3.08. The van der Waals surface area contributed by atoms with Crippen molar-refractivity contribution in [3.8, 4) is 0 Å². The molecule has 1 heterocycles. The van der Waals surface area contributed by atoms with Crippen molar-refractivity contribution in [1.82, 2.24) is 15.5 Å². The van der Waals surface area contributed by atoms with Gasteiger partial charge in [0.2, 0.25) is 0 Å². The molecule has 26 heavy (non-hydrogen) atoms. The minimum Gasteiger partial charge on any atom is -0.390 e. The lowest BCUT2D eigenvalue weighted by Crippen LogP contribution is -2.40. The van der Waals surface area contributed by atoms with E-state index in [0.29, 0.717) is 19.0 Å². The number of nitrogens with zero attached hydrogens (tertiary/aromatic N) is 2. The molecule has 1 unspecified atom stereocenters. The molecule has 2 rings (SSSR count). The monoisotopic (exact) mass is 474 g/mol. The first-order chi connectivity index (χ1) is 12.1. The fourth-order valence-corrected chi connectivity index (χ4v) is 3.08. The van der Waals surface area contributed by atoms with Gasteiger partial charge < -0.3 is 15.7 Å². The van der Waals surface area contributed by atoms with Crippen LogP contribution in [0.1, 0.15) is 38.3 Å². The molecule has 1 aromatic rings. The number of hydrogen-bond acceptors (Lipinski definition) is 3. The van der Waals surface area contributed by atoms with Crippen LogP contribution in [0, 0.1) is 5.92 Å². The summed E-state index contributed by atoms with van der Waals surface area (Å²) in [5.41, 5.74) is 2.82. The van der Waals surface area contributed by atoms with E-state index in [0.717, 1.165) is 45.0 Å². The highest BCUT2D eigenvalue weighted by Crippen LogP contribution is 2.18. The van der Waals surface area contributed by atoms with Crippen LogP contribution in [0.5, 0.6) is 0 Å². The van der Waals surface area contributed by atoms with Crippen LogP contribution >= 0.6 is 24.0 Å². The Labute approximate surface area is 175 Å². The summed E-state index contributed by atoms with van der Waals surface area (Å²) in [6, 6.07) is 8.59. The molecule has 1 atom stereocenters. The lowest BCUT2D eigenvalue weighted by atomic mass is 10.00. The number of nitrogens with one attached hydrogen (secondary N) is 2. The van der Waals surface area contributed by atoms with E-state index in [1.54, 1.807) is 0 Å². The van der Waals surface area contributed by atoms with Crippen LogP contribution in [-0.4, -0.2) is 54.8 Å². The van der Waals surface area contributed by atoms with Crippen LogP contribution in [0.25, 0.3) is 0 Å². The first kappa shape index (κ1) is 23.2. The van der Waals surface area contributed by atoms with Gasteiger partial charge in [-0.3, -0.25) is 9.89 Å². The SMILES string of the molecule is CCNC(=NCC(O)CN1CCc2ccccc2C1)NCCC(C)C.I. The molecule has 0 fully saturated rings. The maximum absolute atomic E-state index is 10.4. The molecule has 0 saturated carbocycles. The summed E-state index contributed by atoms with van der Waals surface area (Å²) in [5.74, 6) is 1.47. The maximum Gasteiger partial charge on any atom is 0.191 e. The summed E-state index contributed by atoms with van der Waals surface area (Å²) in [6.07, 6.45) is 1.73. The molecule has 0 spiro atoms. The lowest BCUT2D eigenvalue weighted by molar-refractivity contribution is 0.111. The van der Waals surface area contributed by atoms with Crippen molar-refractivity contribution in [3.05, 3.63) is 35.4 Å². The van der Waals surface area contributed by atoms with Gasteiger partial charge in [-0.15, -0.1) is 24.0 Å². The van der Waals surface area contributed by atoms with Crippen molar-refractivity contribution in [2.75, 3.05) is 32.7 Å². The molecule has 148 valence electrons. The van der Waals surface area contributed by atoms with Crippen molar-refractivity contribution < 1.29 is 5.11 Å². The maximum atomic E-state index is 10.4. The van der Waals surface area contributed by atoms with Crippen molar-refractivity contribution >= 4 is 29.9 Å². The van der Waals surface area contributed by atoms with Crippen molar-refractivity contribution in [1.29, 1.82) is 0 Å². The summed E-state index contributed by atoms with van der Waals surface area (Å²) < 4.78 is 0. The predicted octanol–water partition coefficient (Wildman–Crippen LogP) is 2.62. The number of halogens is 1. The molecule has 1 aromatic carbocycles. The largest absolute Gasteiger partial charge is 0.390 e. The first-order valence-electron chi connectivity index (χ1n) is 9.57. The summed E-state index contributed by atoms with van der Waals surface area (Å²) in [5, 5.41) is 17.0. The first-order valence-corrected chi connectivity index (χ1v) is 9.57. The molecule has 0 saturated heterocycles. The van der Waals surface area contributed by atoms with Crippen molar-refractivity contribution in [3.63, 3.8) is 0 Å². The van der Waals surface area contributed by atoms with Crippen molar-refractivity contribution in [2.24, 2.45) is 10.9 Å².